The van der Waals surface area contributed by atoms with Crippen LogP contribution in [0.15, 0.2) is 30.3 Å². The topological polar surface area (TPSA) is 75.7 Å². The lowest BCUT2D eigenvalue weighted by atomic mass is 10.1. The summed E-state index contributed by atoms with van der Waals surface area (Å²) in [5, 5.41) is 2.50. The molecule has 1 rings (SSSR count). The smallest absolute Gasteiger partial charge is 0.325 e. The molecule has 0 unspecified atom stereocenters. The van der Waals surface area contributed by atoms with Gasteiger partial charge in [-0.1, -0.05) is 24.3 Å². The Kier molecular flexibility index (Phi) is 8.25. The van der Waals surface area contributed by atoms with Crippen molar-refractivity contribution in [1.29, 1.82) is 0 Å². The number of nitrogens with one attached hydrogen (secondary N) is 1. The number of rotatable bonds is 8. The van der Waals surface area contributed by atoms with Crippen LogP contribution >= 0.6 is 0 Å². The number of ether oxygens (including phenoxy) is 1. The van der Waals surface area contributed by atoms with E-state index in [9.17, 15) is 14.4 Å². The van der Waals surface area contributed by atoms with Crippen molar-refractivity contribution in [2.45, 2.75) is 19.8 Å². The summed E-state index contributed by atoms with van der Waals surface area (Å²) >= 11 is 0. The van der Waals surface area contributed by atoms with Gasteiger partial charge in [0, 0.05) is 26.1 Å². The third-order valence-corrected chi connectivity index (χ3v) is 3.48. The zero-order valence-corrected chi connectivity index (χ0v) is 14.4. The second-order valence-corrected chi connectivity index (χ2v) is 5.37. The van der Waals surface area contributed by atoms with E-state index < -0.39 is 5.97 Å². The van der Waals surface area contributed by atoms with Crippen LogP contribution in [0.5, 0.6) is 0 Å². The average Bonchev–Trinajstić information content (AvgIpc) is 2.58. The Morgan fingerprint density at radius 2 is 2.04 bits per heavy atom. The molecule has 0 radical (unpaired) electrons. The van der Waals surface area contributed by atoms with Crippen LogP contribution in [0.3, 0.4) is 0 Å². The molecule has 130 valence electrons. The zero-order valence-electron chi connectivity index (χ0n) is 14.4. The number of carbonyl (C=O) groups excluding carboxylic acids is 3. The van der Waals surface area contributed by atoms with E-state index in [0.29, 0.717) is 5.56 Å². The molecule has 0 atom stereocenters. The highest BCUT2D eigenvalue weighted by Gasteiger charge is 2.07. The van der Waals surface area contributed by atoms with Crippen molar-refractivity contribution < 1.29 is 19.1 Å². The third-order valence-electron chi connectivity index (χ3n) is 3.48. The summed E-state index contributed by atoms with van der Waals surface area (Å²) in [6.07, 6.45) is 5.67. The number of esters is 1. The van der Waals surface area contributed by atoms with E-state index in [-0.39, 0.29) is 18.4 Å². The number of methoxy groups -OCH3 is 1. The first-order valence-electron chi connectivity index (χ1n) is 7.77. The Morgan fingerprint density at radius 3 is 2.71 bits per heavy atom. The largest absolute Gasteiger partial charge is 0.468 e. The van der Waals surface area contributed by atoms with Crippen LogP contribution in [0.2, 0.25) is 0 Å². The fourth-order valence-corrected chi connectivity index (χ4v) is 1.93. The second-order valence-electron chi connectivity index (χ2n) is 5.37. The molecule has 24 heavy (non-hydrogen) atoms. The zero-order chi connectivity index (χ0) is 17.9. The van der Waals surface area contributed by atoms with E-state index >= 15 is 0 Å². The van der Waals surface area contributed by atoms with E-state index in [2.05, 4.69) is 10.1 Å². The van der Waals surface area contributed by atoms with Gasteiger partial charge in [-0.15, -0.1) is 0 Å². The van der Waals surface area contributed by atoms with Crippen LogP contribution in [0.25, 0.3) is 6.08 Å². The molecule has 0 heterocycles. The molecule has 1 aromatic rings. The predicted octanol–water partition coefficient (Wildman–Crippen LogP) is 1.86. The van der Waals surface area contributed by atoms with Crippen molar-refractivity contribution in [3.63, 3.8) is 0 Å². The van der Waals surface area contributed by atoms with E-state index in [1.54, 1.807) is 37.1 Å². The van der Waals surface area contributed by atoms with Gasteiger partial charge in [-0.05, 0) is 30.5 Å². The molecule has 1 N–H and O–H groups in total. The molecule has 0 aliphatic heterocycles. The van der Waals surface area contributed by atoms with Crippen molar-refractivity contribution in [1.82, 2.24) is 10.2 Å². The molecule has 6 heteroatoms. The van der Waals surface area contributed by atoms with Crippen LogP contribution in [-0.4, -0.2) is 49.9 Å². The summed E-state index contributed by atoms with van der Waals surface area (Å²) in [6.45, 7) is 2.11. The van der Waals surface area contributed by atoms with Crippen LogP contribution < -0.4 is 5.32 Å². The second kappa shape index (κ2) is 10.2. The number of hydrogen-bond acceptors (Lipinski definition) is 4. The van der Waals surface area contributed by atoms with Gasteiger partial charge in [0.2, 0.25) is 5.91 Å². The number of benzene rings is 1. The van der Waals surface area contributed by atoms with Gasteiger partial charge in [0.25, 0.3) is 5.91 Å². The molecule has 0 aliphatic carbocycles. The molecule has 6 nitrogen and oxygen atoms in total. The highest BCUT2D eigenvalue weighted by Crippen LogP contribution is 2.08. The maximum Gasteiger partial charge on any atom is 0.325 e. The molecule has 0 saturated carbocycles. The highest BCUT2D eigenvalue weighted by molar-refractivity contribution is 5.96. The van der Waals surface area contributed by atoms with Crippen LogP contribution in [0, 0.1) is 0 Å². The van der Waals surface area contributed by atoms with Gasteiger partial charge in [-0.2, -0.15) is 0 Å². The van der Waals surface area contributed by atoms with Gasteiger partial charge in [-0.3, -0.25) is 14.4 Å². The quantitative estimate of drug-likeness (QED) is 0.582. The molecular weight excluding hydrogens is 308 g/mol. The van der Waals surface area contributed by atoms with Crippen molar-refractivity contribution in [3.8, 4) is 0 Å². The lowest BCUT2D eigenvalue weighted by Gasteiger charge is -2.13. The first-order valence-corrected chi connectivity index (χ1v) is 7.77. The Balaban J connectivity index is 2.49. The first-order chi connectivity index (χ1) is 11.4. The van der Waals surface area contributed by atoms with E-state index in [4.69, 9.17) is 0 Å². The minimum atomic E-state index is -0.491. The number of nitrogens with zero attached hydrogens (tertiary/aromatic N) is 1. The molecule has 0 saturated heterocycles. The van der Waals surface area contributed by atoms with Crippen LogP contribution in [-0.2, 0) is 14.3 Å². The third kappa shape index (κ3) is 7.09. The number of unbranched alkanes of at least 4 members (excludes halogenated alkanes) is 1. The minimum Gasteiger partial charge on any atom is -0.468 e. The van der Waals surface area contributed by atoms with E-state index in [1.807, 2.05) is 18.2 Å². The van der Waals surface area contributed by atoms with Gasteiger partial charge in [0.1, 0.15) is 6.54 Å². The maximum absolute atomic E-state index is 12.0. The fourth-order valence-electron chi connectivity index (χ4n) is 1.93. The summed E-state index contributed by atoms with van der Waals surface area (Å²) in [5.74, 6) is -0.752. The SMILES string of the molecule is COC(=O)CNC(=O)c1cccc(/C=C\CCCN(C)C(C)=O)c1. The van der Waals surface area contributed by atoms with E-state index in [0.717, 1.165) is 24.9 Å². The fraction of sp³-hybridized carbons (Fsp3) is 0.389. The number of amides is 2. The van der Waals surface area contributed by atoms with Crippen LogP contribution in [0.4, 0.5) is 0 Å². The van der Waals surface area contributed by atoms with Gasteiger partial charge >= 0.3 is 5.97 Å². The summed E-state index contributed by atoms with van der Waals surface area (Å²) in [4.78, 5) is 35.8. The first kappa shape index (κ1) is 19.4. The van der Waals surface area contributed by atoms with Crippen molar-refractivity contribution in [2.75, 3.05) is 27.2 Å². The molecule has 0 aromatic heterocycles. The molecular formula is C18H24N2O4. The predicted molar refractivity (Wildman–Crippen MR) is 92.4 cm³/mol. The van der Waals surface area contributed by atoms with Crippen molar-refractivity contribution in [3.05, 3.63) is 41.5 Å². The summed E-state index contributed by atoms with van der Waals surface area (Å²) in [5.41, 5.74) is 1.39. The summed E-state index contributed by atoms with van der Waals surface area (Å²) in [7, 11) is 3.05. The standard InChI is InChI=1S/C18H24N2O4/c1-14(21)20(2)11-6-4-5-8-15-9-7-10-16(12-15)18(23)19-13-17(22)24-3/h5,7-10,12H,4,6,11,13H2,1-3H3,(H,19,23)/b8-5-. The monoisotopic (exact) mass is 332 g/mol. The highest BCUT2D eigenvalue weighted by atomic mass is 16.5. The Labute approximate surface area is 142 Å². The van der Waals surface area contributed by atoms with Gasteiger partial charge in [-0.25, -0.2) is 0 Å². The lowest BCUT2D eigenvalue weighted by Crippen LogP contribution is -2.30. The maximum atomic E-state index is 12.0. The van der Waals surface area contributed by atoms with Gasteiger partial charge in [0.15, 0.2) is 0 Å². The molecule has 0 aliphatic rings. The molecule has 0 spiro atoms. The molecule has 0 fully saturated rings. The molecule has 0 bridgehead atoms. The van der Waals surface area contributed by atoms with Gasteiger partial charge < -0.3 is 15.0 Å². The minimum absolute atomic E-state index is 0.0599. The molecule has 2 amide bonds. The number of allylic oxidation sites excluding steroid dienone is 1. The Bertz CT molecular complexity index is 611. The van der Waals surface area contributed by atoms with E-state index in [1.165, 1.54) is 7.11 Å². The van der Waals surface area contributed by atoms with Crippen LogP contribution in [0.1, 0.15) is 35.7 Å². The number of carbonyl (C=O) groups is 3. The molecule has 1 aromatic carbocycles. The van der Waals surface area contributed by atoms with Crippen molar-refractivity contribution in [2.24, 2.45) is 0 Å². The lowest BCUT2D eigenvalue weighted by molar-refractivity contribution is -0.139. The Morgan fingerprint density at radius 1 is 1.29 bits per heavy atom. The normalized spacial score (nSPS) is 10.5. The summed E-state index contributed by atoms with van der Waals surface area (Å²) < 4.78 is 4.48. The average molecular weight is 332 g/mol. The summed E-state index contributed by atoms with van der Waals surface area (Å²) in [6, 6.07) is 7.13. The Hall–Kier alpha value is -2.63. The number of hydrogen-bond donors (Lipinski definition) is 1. The van der Waals surface area contributed by atoms with Crippen molar-refractivity contribution >= 4 is 23.9 Å². The van der Waals surface area contributed by atoms with Gasteiger partial charge in [0.05, 0.1) is 7.11 Å².